The third-order valence-electron chi connectivity index (χ3n) is 25.1. The number of aromatic nitrogens is 8. The zero-order chi connectivity index (χ0) is 85.3. The molecule has 0 bridgehead atoms. The Labute approximate surface area is 668 Å². The summed E-state index contributed by atoms with van der Waals surface area (Å²) in [6.07, 6.45) is 3.55. The van der Waals surface area contributed by atoms with Crippen LogP contribution in [0.2, 0.25) is 0 Å². The molecule has 0 saturated heterocycles. The number of methoxy groups -OCH3 is 1. The molecule has 7 saturated carbocycles. The summed E-state index contributed by atoms with van der Waals surface area (Å²) in [5.41, 5.74) is -7.18. The standard InChI is InChI=1S/C21H16F4N4O.C21H23F3N4O2.C20H20F4N4O.C19H20BrF4N3O/c1-20(23)12(11-21(20,24)25)9-18(30)28-19-27-16-8-5-14(26-2)10-17(16)29(19)15-6-3-13(22)4-7-15;1-19(6-5-7-19)28-14-9-13(25-3)10-15(30-4)17(14)27-18(28)26-16(29)8-12-11-21(23,24)20(12,2)22;1-18(6-3-7-18)28-16-11(10-25)4-5-13(21)15(16)27-17(28)26-14(29)8-12-9-20(23,24)19(12,2)22;1-17(6-3-7-17)27-15-12(5-4-11(21)14(15)20)25-16(27)26-13(28)8-10-9-19(23,24)18(10,2)22/h3-8,10,12H,9,11H2,1H3,(H,27,28,30);9-10,12H,5-8,11H2,1-2,4H3,(H,26,27,29);4-5,12H,3,6-9H2,1-2H3,(H,26,27,29);4-5,10H,3,6-9H2,1-2H3,(H,25,26,28). The summed E-state index contributed by atoms with van der Waals surface area (Å²) in [4.78, 5) is 74.3. The minimum absolute atomic E-state index is 0.0421. The van der Waals surface area contributed by atoms with Crippen LogP contribution in [0, 0.1) is 65.6 Å². The van der Waals surface area contributed by atoms with Gasteiger partial charge in [-0.2, -0.15) is 5.26 Å². The molecule has 8 atom stereocenters. The third-order valence-corrected chi connectivity index (χ3v) is 25.8. The van der Waals surface area contributed by atoms with Gasteiger partial charge in [-0.3, -0.25) is 45.0 Å². The Morgan fingerprint density at radius 2 is 0.872 bits per heavy atom. The van der Waals surface area contributed by atoms with Gasteiger partial charge in [-0.25, -0.2) is 95.5 Å². The van der Waals surface area contributed by atoms with Crippen molar-refractivity contribution < 1.29 is 89.8 Å². The number of carbonyl (C=O) groups excluding carboxylic acids is 4. The zero-order valence-corrected chi connectivity index (χ0v) is 65.9. The molecule has 16 rings (SSSR count). The van der Waals surface area contributed by atoms with E-state index in [0.29, 0.717) is 55.9 Å². The van der Waals surface area contributed by atoms with E-state index in [2.05, 4.69) is 66.8 Å². The van der Waals surface area contributed by atoms with E-state index in [1.807, 2.05) is 31.4 Å². The number of imidazole rings is 4. The molecule has 9 aromatic rings. The van der Waals surface area contributed by atoms with Crippen LogP contribution in [0.25, 0.3) is 59.5 Å². The average molecular weight is 1710 g/mol. The predicted molar refractivity (Wildman–Crippen MR) is 407 cm³/mol. The van der Waals surface area contributed by atoms with Gasteiger partial charge in [0.25, 0.3) is 23.7 Å². The lowest BCUT2D eigenvalue weighted by Crippen LogP contribution is -2.60. The number of anilines is 4. The van der Waals surface area contributed by atoms with Crippen molar-refractivity contribution in [2.75, 3.05) is 28.4 Å². The van der Waals surface area contributed by atoms with E-state index in [9.17, 15) is 90.3 Å². The van der Waals surface area contributed by atoms with Gasteiger partial charge in [0.05, 0.1) is 63.4 Å². The Hall–Kier alpha value is -10.4. The zero-order valence-electron chi connectivity index (χ0n) is 64.3. The quantitative estimate of drug-likeness (QED) is 0.0498. The van der Waals surface area contributed by atoms with Crippen molar-refractivity contribution in [1.82, 2.24) is 38.2 Å². The molecular weight excluding hydrogens is 1630 g/mol. The van der Waals surface area contributed by atoms with Gasteiger partial charge < -0.3 is 18.4 Å². The SMILES string of the molecule is CC1(n2c(NC(=O)CC3CC(F)(F)C3(C)F)nc3c(F)ccc(C#N)c32)CCC1.CC1(n2c(NC(=O)CC3CC(F)(F)C3(C)F)nc3ccc(F)c(Br)c32)CCC1.[C-]#[N+]c1cc(OC)c2nc(NC(=O)CC3CC(F)(F)C3(C)F)n(C3(C)CCC3)c2c1.[C-]#[N+]c1ccc2nc(NC(=O)CC3CC(F)(F)C3(C)F)n(-c3ccc(F)cc3)c2c1. The number of halogens is 16. The maximum Gasteiger partial charge on any atom is 0.281 e. The molecule has 4 amide bonds. The van der Waals surface area contributed by atoms with Gasteiger partial charge in [0, 0.05) is 97.3 Å². The first-order chi connectivity index (χ1) is 54.6. The maximum absolute atomic E-state index is 14.4. The monoisotopic (exact) mass is 1710 g/mol. The van der Waals surface area contributed by atoms with Gasteiger partial charge in [-0.15, -0.1) is 0 Å². The van der Waals surface area contributed by atoms with Crippen LogP contribution in [0.5, 0.6) is 5.75 Å². The van der Waals surface area contributed by atoms with E-state index in [0.717, 1.165) is 91.5 Å². The molecule has 117 heavy (non-hydrogen) atoms. The largest absolute Gasteiger partial charge is 0.496 e. The number of fused-ring (bicyclic) bond motifs is 4. The Morgan fingerprint density at radius 1 is 0.487 bits per heavy atom. The van der Waals surface area contributed by atoms with E-state index < -0.39 is 155 Å². The Balaban J connectivity index is 0.000000136. The second-order valence-corrected chi connectivity index (χ2v) is 33.7. The molecule has 4 heterocycles. The van der Waals surface area contributed by atoms with Crippen LogP contribution in [0.4, 0.5) is 101 Å². The fourth-order valence-corrected chi connectivity index (χ4v) is 17.0. The first-order valence-electron chi connectivity index (χ1n) is 37.7. The maximum atomic E-state index is 14.4. The Morgan fingerprint density at radius 3 is 1.28 bits per heavy atom. The van der Waals surface area contributed by atoms with E-state index in [1.165, 1.54) is 54.1 Å². The lowest BCUT2D eigenvalue weighted by atomic mass is 9.67. The van der Waals surface area contributed by atoms with Crippen molar-refractivity contribution in [1.29, 1.82) is 5.26 Å². The van der Waals surface area contributed by atoms with Gasteiger partial charge in [0.1, 0.15) is 34.5 Å². The number of alkyl halides is 12. The molecule has 0 aliphatic heterocycles. The molecule has 7 fully saturated rings. The van der Waals surface area contributed by atoms with Crippen LogP contribution in [-0.2, 0) is 35.8 Å². The molecule has 36 heteroatoms. The number of nitrogens with one attached hydrogen (secondary N) is 4. The van der Waals surface area contributed by atoms with Crippen molar-refractivity contribution >= 4 is 119 Å². The lowest BCUT2D eigenvalue weighted by Gasteiger charge is -2.47. The van der Waals surface area contributed by atoms with Crippen LogP contribution in [0.15, 0.2) is 83.3 Å². The second-order valence-electron chi connectivity index (χ2n) is 32.9. The van der Waals surface area contributed by atoms with E-state index in [-0.39, 0.29) is 68.8 Å². The summed E-state index contributed by atoms with van der Waals surface area (Å²) in [6.45, 7) is 23.8. The summed E-state index contributed by atoms with van der Waals surface area (Å²) in [5.74, 6) is -21.1. The van der Waals surface area contributed by atoms with Gasteiger partial charge in [-0.05, 0) is 195 Å². The molecule has 8 unspecified atom stereocenters. The van der Waals surface area contributed by atoms with Crippen molar-refractivity contribution in [2.24, 2.45) is 23.7 Å². The van der Waals surface area contributed by atoms with Crippen LogP contribution < -0.4 is 26.0 Å². The number of hydrogen-bond donors (Lipinski definition) is 4. The summed E-state index contributed by atoms with van der Waals surface area (Å²) in [7, 11) is 1.48. The first-order valence-corrected chi connectivity index (χ1v) is 38.5. The van der Waals surface area contributed by atoms with Crippen LogP contribution in [0.3, 0.4) is 0 Å². The highest BCUT2D eigenvalue weighted by molar-refractivity contribution is 9.10. The predicted octanol–water partition coefficient (Wildman–Crippen LogP) is 20.8. The van der Waals surface area contributed by atoms with Crippen LogP contribution in [-0.4, -0.2) is 115 Å². The molecular formula is C81H79BrF15N15O5. The molecule has 0 spiro atoms. The highest BCUT2D eigenvalue weighted by Crippen LogP contribution is 2.60. The number of amides is 4. The van der Waals surface area contributed by atoms with Crippen molar-refractivity contribution in [3.05, 3.63) is 129 Å². The number of ether oxygens (including phenoxy) is 1. The molecule has 7 aliphatic rings. The fourth-order valence-electron chi connectivity index (χ4n) is 16.5. The summed E-state index contributed by atoms with van der Waals surface area (Å²) >= 11 is 3.26. The first kappa shape index (κ1) is 84.5. The van der Waals surface area contributed by atoms with Gasteiger partial charge in [0.2, 0.25) is 47.4 Å². The minimum Gasteiger partial charge on any atom is -0.496 e. The molecule has 7 aliphatic carbocycles. The summed E-state index contributed by atoms with van der Waals surface area (Å²) < 4.78 is 218. The number of carbonyl (C=O) groups is 4. The number of benzene rings is 5. The molecule has 5 aromatic carbocycles. The number of nitriles is 1. The number of hydrogen-bond acceptors (Lipinski definition) is 10. The smallest absolute Gasteiger partial charge is 0.281 e. The van der Waals surface area contributed by atoms with Gasteiger partial charge in [-0.1, -0.05) is 6.07 Å². The normalized spacial score (nSPS) is 25.9. The summed E-state index contributed by atoms with van der Waals surface area (Å²) in [6, 6.07) is 20.7. The van der Waals surface area contributed by atoms with Crippen molar-refractivity contribution in [3.8, 4) is 17.5 Å². The van der Waals surface area contributed by atoms with Gasteiger partial charge >= 0.3 is 0 Å². The molecule has 0 radical (unpaired) electrons. The van der Waals surface area contributed by atoms with Crippen molar-refractivity contribution in [3.63, 3.8) is 0 Å². The molecule has 620 valence electrons. The van der Waals surface area contributed by atoms with Gasteiger partial charge in [0.15, 0.2) is 39.9 Å². The summed E-state index contributed by atoms with van der Waals surface area (Å²) in [5, 5.41) is 19.9. The lowest BCUT2D eigenvalue weighted by molar-refractivity contribution is -0.242. The molecule has 4 N–H and O–H groups in total. The van der Waals surface area contributed by atoms with E-state index >= 15 is 0 Å². The van der Waals surface area contributed by atoms with Crippen LogP contribution >= 0.6 is 15.9 Å². The topological polar surface area (TPSA) is 229 Å². The van der Waals surface area contributed by atoms with Crippen molar-refractivity contribution in [2.45, 2.75) is 221 Å². The van der Waals surface area contributed by atoms with E-state index in [4.69, 9.17) is 17.9 Å². The Kier molecular flexibility index (Phi) is 21.6. The Bertz CT molecular complexity index is 5620. The highest BCUT2D eigenvalue weighted by atomic mass is 79.9. The minimum atomic E-state index is -3.45. The second kappa shape index (κ2) is 29.9. The van der Waals surface area contributed by atoms with E-state index in [1.54, 1.807) is 39.5 Å². The number of nitrogens with zero attached hydrogens (tertiary/aromatic N) is 11. The third kappa shape index (κ3) is 14.8. The molecule has 4 aromatic heterocycles. The fraction of sp³-hybridized carbons (Fsp3) is 0.494. The van der Waals surface area contributed by atoms with Crippen LogP contribution in [0.1, 0.15) is 163 Å². The number of rotatable bonds is 17. The molecule has 20 nitrogen and oxygen atoms in total. The average Bonchev–Trinajstić information content (AvgIpc) is 1.71. The highest BCUT2D eigenvalue weighted by Gasteiger charge is 2.70.